The van der Waals surface area contributed by atoms with Crippen molar-refractivity contribution in [1.29, 1.82) is 0 Å². The van der Waals surface area contributed by atoms with Crippen molar-refractivity contribution in [3.8, 4) is 0 Å². The topological polar surface area (TPSA) is 44.3 Å². The zero-order valence-electron chi connectivity index (χ0n) is 10.2. The Hall–Kier alpha value is -0.900. The van der Waals surface area contributed by atoms with E-state index in [9.17, 15) is 5.11 Å². The summed E-state index contributed by atoms with van der Waals surface area (Å²) < 4.78 is 0. The summed E-state index contributed by atoms with van der Waals surface area (Å²) in [6, 6.07) is 11.1. The Labute approximate surface area is 103 Å². The molecule has 1 saturated heterocycles. The first-order valence-corrected chi connectivity index (χ1v) is 6.50. The zero-order valence-corrected chi connectivity index (χ0v) is 10.2. The van der Waals surface area contributed by atoms with Crippen LogP contribution in [0.4, 0.5) is 0 Å². The van der Waals surface area contributed by atoms with Gasteiger partial charge in [0.25, 0.3) is 0 Å². The molecule has 0 amide bonds. The fraction of sp³-hybridized carbons (Fsp3) is 0.571. The lowest BCUT2D eigenvalue weighted by Crippen LogP contribution is -2.46. The molecule has 1 heterocycles. The third-order valence-electron chi connectivity index (χ3n) is 3.36. The number of piperidine rings is 1. The first kappa shape index (κ1) is 12.6. The van der Waals surface area contributed by atoms with Crippen LogP contribution in [0.2, 0.25) is 0 Å². The van der Waals surface area contributed by atoms with Crippen molar-refractivity contribution >= 4 is 0 Å². The molecule has 3 nitrogen and oxygen atoms in total. The van der Waals surface area contributed by atoms with Gasteiger partial charge < -0.3 is 15.7 Å². The molecular weight excluding hydrogens is 212 g/mol. The van der Waals surface area contributed by atoms with Gasteiger partial charge in [0.1, 0.15) is 0 Å². The largest absolute Gasteiger partial charge is 0.395 e. The predicted octanol–water partition coefficient (Wildman–Crippen LogP) is 0.932. The second-order valence-electron chi connectivity index (χ2n) is 4.76. The van der Waals surface area contributed by atoms with E-state index in [1.165, 1.54) is 5.56 Å². The minimum Gasteiger partial charge on any atom is -0.395 e. The monoisotopic (exact) mass is 234 g/mol. The van der Waals surface area contributed by atoms with E-state index in [2.05, 4.69) is 22.8 Å². The van der Waals surface area contributed by atoms with Gasteiger partial charge in [-0.05, 0) is 37.9 Å². The number of hydrogen-bond donors (Lipinski definition) is 3. The van der Waals surface area contributed by atoms with Gasteiger partial charge in [-0.3, -0.25) is 0 Å². The van der Waals surface area contributed by atoms with Crippen molar-refractivity contribution in [2.45, 2.75) is 31.3 Å². The minimum atomic E-state index is 0.181. The van der Waals surface area contributed by atoms with Crippen LogP contribution in [0, 0.1) is 0 Å². The second kappa shape index (κ2) is 6.74. The summed E-state index contributed by atoms with van der Waals surface area (Å²) in [6.07, 6.45) is 3.22. The Balaban J connectivity index is 1.83. The molecule has 1 aromatic rings. The van der Waals surface area contributed by atoms with Gasteiger partial charge in [0.15, 0.2) is 0 Å². The molecule has 0 unspecified atom stereocenters. The number of hydrogen-bond acceptors (Lipinski definition) is 3. The molecule has 2 rings (SSSR count). The molecule has 0 saturated carbocycles. The molecule has 94 valence electrons. The number of aliphatic hydroxyl groups excluding tert-OH is 1. The van der Waals surface area contributed by atoms with Crippen molar-refractivity contribution in [2.75, 3.05) is 19.7 Å². The smallest absolute Gasteiger partial charge is 0.0587 e. The van der Waals surface area contributed by atoms with Gasteiger partial charge in [-0.1, -0.05) is 30.3 Å². The van der Waals surface area contributed by atoms with Crippen LogP contribution in [0.3, 0.4) is 0 Å². The molecule has 3 N–H and O–H groups in total. The minimum absolute atomic E-state index is 0.181. The lowest BCUT2D eigenvalue weighted by Gasteiger charge is -2.28. The highest BCUT2D eigenvalue weighted by Crippen LogP contribution is 2.07. The Bertz CT molecular complexity index is 309. The van der Waals surface area contributed by atoms with E-state index in [0.29, 0.717) is 6.04 Å². The van der Waals surface area contributed by atoms with Gasteiger partial charge >= 0.3 is 0 Å². The van der Waals surface area contributed by atoms with E-state index in [1.54, 1.807) is 0 Å². The van der Waals surface area contributed by atoms with Crippen molar-refractivity contribution in [1.82, 2.24) is 10.6 Å². The number of aliphatic hydroxyl groups is 1. The van der Waals surface area contributed by atoms with Crippen LogP contribution in [0.15, 0.2) is 30.3 Å². The van der Waals surface area contributed by atoms with Gasteiger partial charge in [0.05, 0.1) is 6.61 Å². The van der Waals surface area contributed by atoms with Crippen LogP contribution in [-0.2, 0) is 6.42 Å². The number of nitrogens with one attached hydrogen (secondary N) is 2. The van der Waals surface area contributed by atoms with E-state index in [1.807, 2.05) is 18.2 Å². The van der Waals surface area contributed by atoms with E-state index in [-0.39, 0.29) is 12.6 Å². The predicted molar refractivity (Wildman–Crippen MR) is 70.0 cm³/mol. The summed E-state index contributed by atoms with van der Waals surface area (Å²) in [5.74, 6) is 0. The zero-order chi connectivity index (χ0) is 11.9. The molecule has 17 heavy (non-hydrogen) atoms. The molecule has 1 aliphatic rings. The highest BCUT2D eigenvalue weighted by atomic mass is 16.3. The molecule has 0 radical (unpaired) electrons. The maximum absolute atomic E-state index is 9.44. The van der Waals surface area contributed by atoms with Crippen LogP contribution in [-0.4, -0.2) is 36.9 Å². The first-order chi connectivity index (χ1) is 8.38. The third kappa shape index (κ3) is 4.11. The molecule has 0 bridgehead atoms. The molecule has 0 aliphatic carbocycles. The van der Waals surface area contributed by atoms with Crippen LogP contribution in [0.1, 0.15) is 18.4 Å². The van der Waals surface area contributed by atoms with Crippen LogP contribution in [0.25, 0.3) is 0 Å². The van der Waals surface area contributed by atoms with Crippen molar-refractivity contribution < 1.29 is 5.11 Å². The van der Waals surface area contributed by atoms with Crippen LogP contribution >= 0.6 is 0 Å². The van der Waals surface area contributed by atoms with Gasteiger partial charge in [0, 0.05) is 12.1 Å². The SMILES string of the molecule is OC[C@H](Cc1ccccc1)NC1CCNCC1. The summed E-state index contributed by atoms with van der Waals surface area (Å²) in [7, 11) is 0. The van der Waals surface area contributed by atoms with Crippen LogP contribution in [0.5, 0.6) is 0 Å². The molecule has 1 atom stereocenters. The highest BCUT2D eigenvalue weighted by molar-refractivity contribution is 5.16. The van der Waals surface area contributed by atoms with Gasteiger partial charge in [0.2, 0.25) is 0 Å². The Kier molecular flexibility index (Phi) is 4.98. The lowest BCUT2D eigenvalue weighted by atomic mass is 10.0. The quantitative estimate of drug-likeness (QED) is 0.710. The fourth-order valence-corrected chi connectivity index (χ4v) is 2.40. The molecule has 3 heteroatoms. The normalized spacial score (nSPS) is 19.1. The van der Waals surface area contributed by atoms with E-state index in [4.69, 9.17) is 0 Å². The Morgan fingerprint density at radius 3 is 2.59 bits per heavy atom. The maximum atomic E-state index is 9.44. The Morgan fingerprint density at radius 1 is 1.24 bits per heavy atom. The summed E-state index contributed by atoms with van der Waals surface area (Å²) in [5, 5.41) is 16.4. The van der Waals surface area contributed by atoms with Gasteiger partial charge in [-0.15, -0.1) is 0 Å². The molecule has 0 spiro atoms. The van der Waals surface area contributed by atoms with Gasteiger partial charge in [-0.2, -0.15) is 0 Å². The van der Waals surface area contributed by atoms with Gasteiger partial charge in [-0.25, -0.2) is 0 Å². The van der Waals surface area contributed by atoms with E-state index < -0.39 is 0 Å². The molecule has 0 aromatic heterocycles. The van der Waals surface area contributed by atoms with Crippen molar-refractivity contribution in [2.24, 2.45) is 0 Å². The van der Waals surface area contributed by atoms with Crippen molar-refractivity contribution in [3.63, 3.8) is 0 Å². The first-order valence-electron chi connectivity index (χ1n) is 6.50. The van der Waals surface area contributed by atoms with E-state index in [0.717, 1.165) is 32.4 Å². The average molecular weight is 234 g/mol. The highest BCUT2D eigenvalue weighted by Gasteiger charge is 2.17. The van der Waals surface area contributed by atoms with Crippen molar-refractivity contribution in [3.05, 3.63) is 35.9 Å². The lowest BCUT2D eigenvalue weighted by molar-refractivity contribution is 0.220. The Morgan fingerprint density at radius 2 is 1.94 bits per heavy atom. The number of rotatable bonds is 5. The molecular formula is C14H22N2O. The maximum Gasteiger partial charge on any atom is 0.0587 e. The number of benzene rings is 1. The average Bonchev–Trinajstić information content (AvgIpc) is 2.40. The van der Waals surface area contributed by atoms with Crippen LogP contribution < -0.4 is 10.6 Å². The summed E-state index contributed by atoms with van der Waals surface area (Å²) >= 11 is 0. The molecule has 1 aliphatic heterocycles. The summed E-state index contributed by atoms with van der Waals surface area (Å²) in [4.78, 5) is 0. The summed E-state index contributed by atoms with van der Waals surface area (Å²) in [6.45, 7) is 2.38. The molecule has 1 fully saturated rings. The second-order valence-corrected chi connectivity index (χ2v) is 4.76. The standard InChI is InChI=1S/C14H22N2O/c17-11-14(10-12-4-2-1-3-5-12)16-13-6-8-15-9-7-13/h1-5,13-17H,6-11H2/t14-/m0/s1. The summed E-state index contributed by atoms with van der Waals surface area (Å²) in [5.41, 5.74) is 1.29. The fourth-order valence-electron chi connectivity index (χ4n) is 2.40. The van der Waals surface area contributed by atoms with E-state index >= 15 is 0 Å². The molecule has 1 aromatic carbocycles. The third-order valence-corrected chi connectivity index (χ3v) is 3.36.